The summed E-state index contributed by atoms with van der Waals surface area (Å²) < 4.78 is 12.2. The first kappa shape index (κ1) is 24.1. The maximum atomic E-state index is 12.4. The summed E-state index contributed by atoms with van der Waals surface area (Å²) in [7, 11) is 3.97. The largest absolute Gasteiger partial charge is 0.485 e. The number of ether oxygens (including phenoxy) is 2. The minimum absolute atomic E-state index is 0.145. The van der Waals surface area contributed by atoms with Crippen LogP contribution in [0.25, 0.3) is 0 Å². The lowest BCUT2D eigenvalue weighted by Gasteiger charge is -2.31. The predicted molar refractivity (Wildman–Crippen MR) is 129 cm³/mol. The van der Waals surface area contributed by atoms with E-state index in [0.29, 0.717) is 18.9 Å². The van der Waals surface area contributed by atoms with Crippen molar-refractivity contribution in [2.45, 2.75) is 57.7 Å². The number of amides is 1. The smallest absolute Gasteiger partial charge is 0.410 e. The highest BCUT2D eigenvalue weighted by Gasteiger charge is 2.24. The summed E-state index contributed by atoms with van der Waals surface area (Å²) in [6.07, 6.45) is 2.52. The molecule has 1 heterocycles. The fraction of sp³-hybridized carbons (Fsp3) is 0.519. The van der Waals surface area contributed by atoms with Gasteiger partial charge in [-0.2, -0.15) is 0 Å². The van der Waals surface area contributed by atoms with Gasteiger partial charge in [-0.25, -0.2) is 4.79 Å². The number of carbonyl (C=O) groups excluding carboxylic acids is 1. The second-order valence-electron chi connectivity index (χ2n) is 9.82. The van der Waals surface area contributed by atoms with Crippen LogP contribution in [0.2, 0.25) is 0 Å². The van der Waals surface area contributed by atoms with E-state index in [9.17, 15) is 4.79 Å². The Kier molecular flexibility index (Phi) is 8.19. The molecule has 0 saturated carbocycles. The van der Waals surface area contributed by atoms with E-state index in [1.807, 2.05) is 45.0 Å². The van der Waals surface area contributed by atoms with Crippen molar-refractivity contribution in [3.05, 3.63) is 65.7 Å². The fourth-order valence-corrected chi connectivity index (χ4v) is 4.10. The Balaban J connectivity index is 1.74. The first-order valence-electron chi connectivity index (χ1n) is 11.7. The number of hydrogen-bond acceptors (Lipinski definition) is 4. The van der Waals surface area contributed by atoms with Crippen molar-refractivity contribution in [1.29, 1.82) is 0 Å². The third kappa shape index (κ3) is 6.99. The Bertz CT molecular complexity index is 855. The Morgan fingerprint density at radius 1 is 1.06 bits per heavy atom. The lowest BCUT2D eigenvalue weighted by atomic mass is 9.89. The molecule has 1 amide bonds. The molecule has 1 saturated heterocycles. The lowest BCUT2D eigenvalue weighted by Crippen LogP contribution is -2.35. The van der Waals surface area contributed by atoms with E-state index >= 15 is 0 Å². The van der Waals surface area contributed by atoms with Crippen molar-refractivity contribution in [1.82, 2.24) is 9.80 Å². The normalized spacial score (nSPS) is 16.4. The number of carbonyl (C=O) groups is 1. The van der Waals surface area contributed by atoms with Gasteiger partial charge in [-0.15, -0.1) is 0 Å². The molecule has 0 aliphatic carbocycles. The van der Waals surface area contributed by atoms with Gasteiger partial charge >= 0.3 is 6.09 Å². The molecule has 1 unspecified atom stereocenters. The molecule has 5 heteroatoms. The lowest BCUT2D eigenvalue weighted by molar-refractivity contribution is 0.0278. The van der Waals surface area contributed by atoms with Gasteiger partial charge in [0.25, 0.3) is 0 Å². The zero-order valence-electron chi connectivity index (χ0n) is 20.2. The minimum atomic E-state index is -0.506. The van der Waals surface area contributed by atoms with Crippen LogP contribution in [0.15, 0.2) is 54.6 Å². The van der Waals surface area contributed by atoms with Crippen molar-refractivity contribution in [3.63, 3.8) is 0 Å². The molecule has 5 nitrogen and oxygen atoms in total. The molecular formula is C27H38N2O3. The van der Waals surface area contributed by atoms with Crippen LogP contribution in [0.3, 0.4) is 0 Å². The standard InChI is InChI=1S/C27H38N2O3/c1-27(2,3)32-26(30)29(5)20-17-24(22-11-7-6-8-12-22)31-25-14-10-9-13-23(25)21-15-18-28(4)19-16-21/h6-14,21,24H,15-20H2,1-5H3. The Morgan fingerprint density at radius 3 is 2.34 bits per heavy atom. The highest BCUT2D eigenvalue weighted by Crippen LogP contribution is 2.36. The highest BCUT2D eigenvalue weighted by atomic mass is 16.6. The maximum Gasteiger partial charge on any atom is 0.410 e. The Morgan fingerprint density at radius 2 is 1.69 bits per heavy atom. The summed E-state index contributed by atoms with van der Waals surface area (Å²) in [6.45, 7) is 8.42. The summed E-state index contributed by atoms with van der Waals surface area (Å²) in [6, 6.07) is 18.7. The number of benzene rings is 2. The zero-order chi connectivity index (χ0) is 23.1. The molecule has 0 bridgehead atoms. The average Bonchev–Trinajstić information content (AvgIpc) is 2.76. The van der Waals surface area contributed by atoms with E-state index in [0.717, 1.165) is 37.2 Å². The van der Waals surface area contributed by atoms with Crippen molar-refractivity contribution in [2.75, 3.05) is 33.7 Å². The van der Waals surface area contributed by atoms with Gasteiger partial charge in [0.2, 0.25) is 0 Å². The second-order valence-corrected chi connectivity index (χ2v) is 9.82. The molecule has 0 spiro atoms. The summed E-state index contributed by atoms with van der Waals surface area (Å²) in [5, 5.41) is 0. The molecule has 3 rings (SSSR count). The van der Waals surface area contributed by atoms with E-state index in [-0.39, 0.29) is 12.2 Å². The summed E-state index contributed by atoms with van der Waals surface area (Å²) >= 11 is 0. The first-order valence-corrected chi connectivity index (χ1v) is 11.7. The van der Waals surface area contributed by atoms with Gasteiger partial charge in [0.05, 0.1) is 0 Å². The fourth-order valence-electron chi connectivity index (χ4n) is 4.10. The van der Waals surface area contributed by atoms with Crippen LogP contribution in [-0.4, -0.2) is 55.2 Å². The van der Waals surface area contributed by atoms with Gasteiger partial charge in [-0.1, -0.05) is 48.5 Å². The average molecular weight is 439 g/mol. The van der Waals surface area contributed by atoms with Gasteiger partial charge in [0, 0.05) is 20.0 Å². The molecule has 2 aromatic carbocycles. The van der Waals surface area contributed by atoms with Crippen LogP contribution >= 0.6 is 0 Å². The van der Waals surface area contributed by atoms with Gasteiger partial charge in [-0.05, 0) is 76.9 Å². The number of nitrogens with zero attached hydrogens (tertiary/aromatic N) is 2. The van der Waals surface area contributed by atoms with Crippen LogP contribution < -0.4 is 4.74 Å². The molecule has 0 N–H and O–H groups in total. The third-order valence-corrected chi connectivity index (χ3v) is 5.95. The summed E-state index contributed by atoms with van der Waals surface area (Å²) in [4.78, 5) is 16.4. The third-order valence-electron chi connectivity index (χ3n) is 5.95. The zero-order valence-corrected chi connectivity index (χ0v) is 20.2. The minimum Gasteiger partial charge on any atom is -0.485 e. The molecule has 2 aromatic rings. The molecule has 1 aliphatic rings. The van der Waals surface area contributed by atoms with Crippen molar-refractivity contribution in [3.8, 4) is 5.75 Å². The SMILES string of the molecule is CN1CCC(c2ccccc2OC(CCN(C)C(=O)OC(C)(C)C)c2ccccc2)CC1. The highest BCUT2D eigenvalue weighted by molar-refractivity contribution is 5.67. The van der Waals surface area contributed by atoms with Crippen LogP contribution in [0, 0.1) is 0 Å². The first-order chi connectivity index (χ1) is 15.2. The van der Waals surface area contributed by atoms with Crippen molar-refractivity contribution < 1.29 is 14.3 Å². The van der Waals surface area contributed by atoms with E-state index < -0.39 is 5.60 Å². The molecule has 32 heavy (non-hydrogen) atoms. The molecule has 0 radical (unpaired) electrons. The molecular weight excluding hydrogens is 400 g/mol. The van der Waals surface area contributed by atoms with Crippen LogP contribution in [0.4, 0.5) is 4.79 Å². The van der Waals surface area contributed by atoms with Crippen LogP contribution in [0.1, 0.15) is 63.2 Å². The van der Waals surface area contributed by atoms with Crippen molar-refractivity contribution in [2.24, 2.45) is 0 Å². The summed E-state index contributed by atoms with van der Waals surface area (Å²) in [5.74, 6) is 1.47. The number of hydrogen-bond donors (Lipinski definition) is 0. The monoisotopic (exact) mass is 438 g/mol. The summed E-state index contributed by atoms with van der Waals surface area (Å²) in [5.41, 5.74) is 1.90. The number of rotatable bonds is 7. The molecule has 174 valence electrons. The predicted octanol–water partition coefficient (Wildman–Crippen LogP) is 5.87. The topological polar surface area (TPSA) is 42.0 Å². The Hall–Kier alpha value is -2.53. The van der Waals surface area contributed by atoms with Gasteiger partial charge < -0.3 is 19.3 Å². The number of piperidine rings is 1. The van der Waals surface area contributed by atoms with E-state index in [1.54, 1.807) is 11.9 Å². The molecule has 1 fully saturated rings. The van der Waals surface area contributed by atoms with Gasteiger partial charge in [0.15, 0.2) is 0 Å². The maximum absolute atomic E-state index is 12.4. The quantitative estimate of drug-likeness (QED) is 0.542. The van der Waals surface area contributed by atoms with Crippen LogP contribution in [0.5, 0.6) is 5.75 Å². The molecule has 0 aromatic heterocycles. The van der Waals surface area contributed by atoms with E-state index in [2.05, 4.69) is 42.3 Å². The number of likely N-dealkylation sites (tertiary alicyclic amines) is 1. The Labute approximate surface area is 193 Å². The van der Waals surface area contributed by atoms with Gasteiger partial charge in [0.1, 0.15) is 17.5 Å². The second kappa shape index (κ2) is 10.9. The molecule has 1 atom stereocenters. The van der Waals surface area contributed by atoms with Gasteiger partial charge in [-0.3, -0.25) is 0 Å². The van der Waals surface area contributed by atoms with Crippen LogP contribution in [-0.2, 0) is 4.74 Å². The van der Waals surface area contributed by atoms with Crippen molar-refractivity contribution >= 4 is 6.09 Å². The van der Waals surface area contributed by atoms with E-state index in [1.165, 1.54) is 5.56 Å². The number of para-hydroxylation sites is 1. The molecule has 1 aliphatic heterocycles. The van der Waals surface area contributed by atoms with E-state index in [4.69, 9.17) is 9.47 Å².